The molecule has 6 rings (SSSR count). The highest BCUT2D eigenvalue weighted by Gasteiger charge is 2.24. The van der Waals surface area contributed by atoms with Crippen LogP contribution in [0.1, 0.15) is 21.7 Å². The Labute approximate surface area is 230 Å². The van der Waals surface area contributed by atoms with E-state index in [1.165, 1.54) is 11.8 Å². The van der Waals surface area contributed by atoms with Crippen LogP contribution < -0.4 is 9.47 Å². The summed E-state index contributed by atoms with van der Waals surface area (Å²) in [5.74, 6) is 2.49. The molecular formula is C30H27N5O3S. The molecule has 196 valence electrons. The van der Waals surface area contributed by atoms with Crippen LogP contribution in [0.4, 0.5) is 0 Å². The van der Waals surface area contributed by atoms with Gasteiger partial charge in [0, 0.05) is 40.6 Å². The van der Waals surface area contributed by atoms with Gasteiger partial charge in [-0.25, -0.2) is 0 Å². The van der Waals surface area contributed by atoms with Crippen molar-refractivity contribution in [2.24, 2.45) is 0 Å². The van der Waals surface area contributed by atoms with Crippen molar-refractivity contribution in [3.05, 3.63) is 102 Å². The van der Waals surface area contributed by atoms with E-state index in [-0.39, 0.29) is 17.6 Å². The van der Waals surface area contributed by atoms with Crippen molar-refractivity contribution in [3.8, 4) is 28.6 Å². The van der Waals surface area contributed by atoms with Gasteiger partial charge in [0.25, 0.3) is 0 Å². The third-order valence-corrected chi connectivity index (χ3v) is 7.68. The van der Waals surface area contributed by atoms with Crippen molar-refractivity contribution >= 4 is 17.5 Å². The lowest BCUT2D eigenvalue weighted by Gasteiger charge is -2.27. The largest absolute Gasteiger partial charge is 0.486 e. The zero-order chi connectivity index (χ0) is 26.8. The lowest BCUT2D eigenvalue weighted by Crippen LogP contribution is -2.33. The number of hydrogen-bond donors (Lipinski definition) is 0. The van der Waals surface area contributed by atoms with Gasteiger partial charge in [-0.2, -0.15) is 0 Å². The van der Waals surface area contributed by atoms with Gasteiger partial charge >= 0.3 is 0 Å². The third-order valence-electron chi connectivity index (χ3n) is 6.75. The number of hydrogen-bond acceptors (Lipinski definition) is 7. The number of rotatable bonds is 8. The lowest BCUT2D eigenvalue weighted by atomic mass is 10.2. The maximum absolute atomic E-state index is 13.4. The molecule has 0 fully saturated rings. The molecule has 0 saturated heterocycles. The molecule has 8 nitrogen and oxygen atoms in total. The average Bonchev–Trinajstić information content (AvgIpc) is 3.53. The molecule has 1 aliphatic heterocycles. The summed E-state index contributed by atoms with van der Waals surface area (Å²) in [6.07, 6.45) is 3.32. The topological polar surface area (TPSA) is 84.1 Å². The SMILES string of the molecule is Cc1cc(C(=O)CSc2nnc(-c3ccncc3)n2-c2ccccc2)c(C)n1CC1COc2ccccc2O1. The summed E-state index contributed by atoms with van der Waals surface area (Å²) in [4.78, 5) is 17.5. The highest BCUT2D eigenvalue weighted by molar-refractivity contribution is 7.99. The van der Waals surface area contributed by atoms with E-state index in [1.54, 1.807) is 12.4 Å². The summed E-state index contributed by atoms with van der Waals surface area (Å²) in [7, 11) is 0. The van der Waals surface area contributed by atoms with Crippen LogP contribution in [0.15, 0.2) is 90.3 Å². The quantitative estimate of drug-likeness (QED) is 0.189. The number of Topliss-reactive ketones (excluding diaryl/α,β-unsaturated/α-hetero) is 1. The molecule has 0 amide bonds. The minimum Gasteiger partial charge on any atom is -0.486 e. The van der Waals surface area contributed by atoms with E-state index in [0.717, 1.165) is 34.1 Å². The van der Waals surface area contributed by atoms with E-state index >= 15 is 0 Å². The van der Waals surface area contributed by atoms with Crippen molar-refractivity contribution in [2.75, 3.05) is 12.4 Å². The molecule has 2 aromatic carbocycles. The number of para-hydroxylation sites is 3. The van der Waals surface area contributed by atoms with Gasteiger partial charge in [-0.15, -0.1) is 10.2 Å². The molecule has 0 N–H and O–H groups in total. The average molecular weight is 538 g/mol. The van der Waals surface area contributed by atoms with Gasteiger partial charge in [0.05, 0.1) is 12.3 Å². The highest BCUT2D eigenvalue weighted by Crippen LogP contribution is 2.32. The highest BCUT2D eigenvalue weighted by atomic mass is 32.2. The number of aromatic nitrogens is 5. The molecule has 0 radical (unpaired) electrons. The summed E-state index contributed by atoms with van der Waals surface area (Å²) in [6.45, 7) is 5.06. The Morgan fingerprint density at radius 3 is 2.51 bits per heavy atom. The Morgan fingerprint density at radius 2 is 1.72 bits per heavy atom. The van der Waals surface area contributed by atoms with E-state index in [1.807, 2.05) is 91.2 Å². The number of fused-ring (bicyclic) bond motifs is 1. The lowest BCUT2D eigenvalue weighted by molar-refractivity contribution is 0.0777. The maximum atomic E-state index is 13.4. The minimum atomic E-state index is -0.141. The van der Waals surface area contributed by atoms with Crippen molar-refractivity contribution in [1.82, 2.24) is 24.3 Å². The molecule has 0 aliphatic carbocycles. The van der Waals surface area contributed by atoms with E-state index in [0.29, 0.717) is 29.7 Å². The van der Waals surface area contributed by atoms with E-state index < -0.39 is 0 Å². The number of pyridine rings is 1. The number of ether oxygens (including phenoxy) is 2. The van der Waals surface area contributed by atoms with Crippen LogP contribution >= 0.6 is 11.8 Å². The van der Waals surface area contributed by atoms with Crippen LogP contribution in [0.2, 0.25) is 0 Å². The first kappa shape index (κ1) is 24.9. The third kappa shape index (κ3) is 5.05. The van der Waals surface area contributed by atoms with Gasteiger partial charge < -0.3 is 14.0 Å². The first-order chi connectivity index (χ1) is 19.1. The van der Waals surface area contributed by atoms with Gasteiger partial charge in [0.1, 0.15) is 6.61 Å². The number of aryl methyl sites for hydroxylation is 1. The summed E-state index contributed by atoms with van der Waals surface area (Å²) in [5.41, 5.74) is 4.47. The monoisotopic (exact) mass is 537 g/mol. The van der Waals surface area contributed by atoms with E-state index in [9.17, 15) is 4.79 Å². The second-order valence-electron chi connectivity index (χ2n) is 9.32. The summed E-state index contributed by atoms with van der Waals surface area (Å²) in [6, 6.07) is 23.4. The fraction of sp³-hybridized carbons (Fsp3) is 0.200. The Kier molecular flexibility index (Phi) is 6.89. The molecule has 4 heterocycles. The molecule has 0 bridgehead atoms. The molecule has 39 heavy (non-hydrogen) atoms. The van der Waals surface area contributed by atoms with Crippen LogP contribution in [-0.2, 0) is 6.54 Å². The molecule has 9 heteroatoms. The van der Waals surface area contributed by atoms with Gasteiger partial charge in [-0.1, -0.05) is 42.1 Å². The number of benzene rings is 2. The van der Waals surface area contributed by atoms with Crippen LogP contribution in [0.25, 0.3) is 17.1 Å². The number of carbonyl (C=O) groups excluding carboxylic acids is 1. The molecule has 1 unspecified atom stereocenters. The fourth-order valence-electron chi connectivity index (χ4n) is 4.79. The zero-order valence-corrected chi connectivity index (χ0v) is 22.5. The number of thioether (sulfide) groups is 1. The fourth-order valence-corrected chi connectivity index (χ4v) is 5.63. The predicted molar refractivity (Wildman–Crippen MR) is 150 cm³/mol. The normalized spacial score (nSPS) is 14.4. The zero-order valence-electron chi connectivity index (χ0n) is 21.7. The van der Waals surface area contributed by atoms with Crippen molar-refractivity contribution in [3.63, 3.8) is 0 Å². The van der Waals surface area contributed by atoms with Crippen LogP contribution in [0.5, 0.6) is 11.5 Å². The molecule has 0 spiro atoms. The standard InChI is InChI=1S/C30H27N5O3S/c1-20-16-25(21(2)34(20)17-24-18-37-27-10-6-7-11-28(27)38-24)26(36)19-39-30-33-32-29(22-12-14-31-15-13-22)35(30)23-8-4-3-5-9-23/h3-16,24H,17-19H2,1-2H3. The molecule has 0 saturated carbocycles. The minimum absolute atomic E-state index is 0.0404. The number of nitrogens with zero attached hydrogens (tertiary/aromatic N) is 5. The Morgan fingerprint density at radius 1 is 0.974 bits per heavy atom. The Hall–Kier alpha value is -4.37. The van der Waals surface area contributed by atoms with Gasteiger partial charge in [-0.3, -0.25) is 14.3 Å². The van der Waals surface area contributed by atoms with Crippen LogP contribution in [-0.4, -0.2) is 48.6 Å². The van der Waals surface area contributed by atoms with Crippen LogP contribution in [0, 0.1) is 13.8 Å². The second kappa shape index (κ2) is 10.8. The molecule has 1 aliphatic rings. The predicted octanol–water partition coefficient (Wildman–Crippen LogP) is 5.56. The first-order valence-electron chi connectivity index (χ1n) is 12.7. The molecule has 1 atom stereocenters. The van der Waals surface area contributed by atoms with Crippen LogP contribution in [0.3, 0.4) is 0 Å². The summed E-state index contributed by atoms with van der Waals surface area (Å²) >= 11 is 1.38. The van der Waals surface area contributed by atoms with Crippen molar-refractivity contribution < 1.29 is 14.3 Å². The summed E-state index contributed by atoms with van der Waals surface area (Å²) in [5, 5.41) is 9.55. The van der Waals surface area contributed by atoms with E-state index in [2.05, 4.69) is 19.7 Å². The molecule has 5 aromatic rings. The molecular weight excluding hydrogens is 510 g/mol. The Balaban J connectivity index is 1.20. The van der Waals surface area contributed by atoms with Gasteiger partial charge in [0.2, 0.25) is 0 Å². The Bertz CT molecular complexity index is 1610. The van der Waals surface area contributed by atoms with Gasteiger partial charge in [-0.05, 0) is 56.3 Å². The number of carbonyl (C=O) groups is 1. The first-order valence-corrected chi connectivity index (χ1v) is 13.7. The summed E-state index contributed by atoms with van der Waals surface area (Å²) < 4.78 is 16.2. The number of ketones is 1. The second-order valence-corrected chi connectivity index (χ2v) is 10.3. The van der Waals surface area contributed by atoms with Crippen molar-refractivity contribution in [2.45, 2.75) is 31.7 Å². The molecule has 3 aromatic heterocycles. The van der Waals surface area contributed by atoms with Gasteiger partial charge in [0.15, 0.2) is 34.4 Å². The van der Waals surface area contributed by atoms with E-state index in [4.69, 9.17) is 9.47 Å². The smallest absolute Gasteiger partial charge is 0.196 e. The van der Waals surface area contributed by atoms with Crippen molar-refractivity contribution in [1.29, 1.82) is 0 Å². The maximum Gasteiger partial charge on any atom is 0.196 e.